The maximum absolute atomic E-state index is 10.7. The Labute approximate surface area is 116 Å². The first-order valence-corrected chi connectivity index (χ1v) is 6.54. The highest BCUT2D eigenvalue weighted by Gasteiger charge is 2.32. The standard InChI is InChI=1S/C12H20N4O4/c1-12(2)8-15(5-9(7-17)20-12)3-4-16-6-10(11(18)19)13-14-16/h6,9,17H,3-5,7-8H2,1-2H3,(H,18,19). The minimum atomic E-state index is -1.08. The molecule has 0 bridgehead atoms. The van der Waals surface area contributed by atoms with Crippen LogP contribution >= 0.6 is 0 Å². The number of hydrogen-bond acceptors (Lipinski definition) is 6. The Kier molecular flexibility index (Phi) is 4.36. The van der Waals surface area contributed by atoms with Gasteiger partial charge in [0.05, 0.1) is 31.1 Å². The normalized spacial score (nSPS) is 22.9. The van der Waals surface area contributed by atoms with Crippen molar-refractivity contribution in [2.45, 2.75) is 32.1 Å². The largest absolute Gasteiger partial charge is 0.476 e. The molecule has 0 aliphatic carbocycles. The monoisotopic (exact) mass is 284 g/mol. The van der Waals surface area contributed by atoms with E-state index >= 15 is 0 Å². The summed E-state index contributed by atoms with van der Waals surface area (Å²) in [6.45, 7) is 6.62. The van der Waals surface area contributed by atoms with Crippen LogP contribution in [0.15, 0.2) is 6.20 Å². The van der Waals surface area contributed by atoms with Gasteiger partial charge in [0, 0.05) is 19.6 Å². The van der Waals surface area contributed by atoms with E-state index in [1.165, 1.54) is 10.9 Å². The zero-order valence-electron chi connectivity index (χ0n) is 11.7. The van der Waals surface area contributed by atoms with Crippen molar-refractivity contribution in [1.29, 1.82) is 0 Å². The van der Waals surface area contributed by atoms with E-state index in [-0.39, 0.29) is 24.0 Å². The molecular formula is C12H20N4O4. The van der Waals surface area contributed by atoms with Crippen molar-refractivity contribution >= 4 is 5.97 Å². The molecule has 1 saturated heterocycles. The topological polar surface area (TPSA) is 101 Å². The first-order valence-electron chi connectivity index (χ1n) is 6.54. The summed E-state index contributed by atoms with van der Waals surface area (Å²) in [7, 11) is 0. The number of nitrogens with zero attached hydrogens (tertiary/aromatic N) is 4. The molecule has 0 saturated carbocycles. The third-order valence-electron chi connectivity index (χ3n) is 3.16. The molecule has 2 N–H and O–H groups in total. The predicted molar refractivity (Wildman–Crippen MR) is 69.5 cm³/mol. The van der Waals surface area contributed by atoms with Crippen LogP contribution in [0.4, 0.5) is 0 Å². The molecule has 112 valence electrons. The lowest BCUT2D eigenvalue weighted by atomic mass is 10.1. The average molecular weight is 284 g/mol. The maximum atomic E-state index is 10.7. The van der Waals surface area contributed by atoms with Crippen LogP contribution in [0.1, 0.15) is 24.3 Å². The number of carboxylic acid groups (broad SMARTS) is 1. The van der Waals surface area contributed by atoms with Gasteiger partial charge in [0.15, 0.2) is 5.69 Å². The van der Waals surface area contributed by atoms with E-state index in [1.54, 1.807) is 0 Å². The van der Waals surface area contributed by atoms with Crippen LogP contribution in [0.3, 0.4) is 0 Å². The summed E-state index contributed by atoms with van der Waals surface area (Å²) in [5.41, 5.74) is -0.360. The Morgan fingerprint density at radius 1 is 1.55 bits per heavy atom. The Bertz CT molecular complexity index is 474. The predicted octanol–water partition coefficient (Wildman–Crippen LogP) is -0.552. The zero-order valence-corrected chi connectivity index (χ0v) is 11.7. The lowest BCUT2D eigenvalue weighted by molar-refractivity contribution is -0.149. The summed E-state index contributed by atoms with van der Waals surface area (Å²) in [6, 6.07) is 0. The van der Waals surface area contributed by atoms with E-state index in [4.69, 9.17) is 9.84 Å². The number of ether oxygens (including phenoxy) is 1. The Balaban J connectivity index is 1.90. The Morgan fingerprint density at radius 3 is 2.90 bits per heavy atom. The molecule has 0 aromatic carbocycles. The minimum Gasteiger partial charge on any atom is -0.476 e. The van der Waals surface area contributed by atoms with Gasteiger partial charge in [0.2, 0.25) is 0 Å². The second kappa shape index (κ2) is 5.86. The van der Waals surface area contributed by atoms with E-state index < -0.39 is 5.97 Å². The smallest absolute Gasteiger partial charge is 0.358 e. The molecule has 8 heteroatoms. The number of aliphatic hydroxyl groups excluding tert-OH is 1. The number of aromatic carboxylic acids is 1. The van der Waals surface area contributed by atoms with E-state index in [1.807, 2.05) is 13.8 Å². The lowest BCUT2D eigenvalue weighted by Crippen LogP contribution is -2.54. The number of rotatable bonds is 5. The summed E-state index contributed by atoms with van der Waals surface area (Å²) >= 11 is 0. The molecule has 1 aromatic rings. The third-order valence-corrected chi connectivity index (χ3v) is 3.16. The number of carboxylic acids is 1. The molecule has 2 rings (SSSR count). The summed E-state index contributed by atoms with van der Waals surface area (Å²) in [6.07, 6.45) is 1.22. The molecule has 2 heterocycles. The third kappa shape index (κ3) is 3.75. The molecule has 1 aliphatic heterocycles. The molecule has 1 atom stereocenters. The molecule has 8 nitrogen and oxygen atoms in total. The first-order chi connectivity index (χ1) is 9.39. The second-order valence-corrected chi connectivity index (χ2v) is 5.59. The molecular weight excluding hydrogens is 264 g/mol. The highest BCUT2D eigenvalue weighted by atomic mass is 16.5. The minimum absolute atomic E-state index is 0.00752. The quantitative estimate of drug-likeness (QED) is 0.748. The maximum Gasteiger partial charge on any atom is 0.358 e. The van der Waals surface area contributed by atoms with Crippen molar-refractivity contribution in [2.75, 3.05) is 26.2 Å². The van der Waals surface area contributed by atoms with Crippen molar-refractivity contribution in [1.82, 2.24) is 19.9 Å². The fraction of sp³-hybridized carbons (Fsp3) is 0.750. The Hall–Kier alpha value is -1.51. The lowest BCUT2D eigenvalue weighted by Gasteiger charge is -2.42. The van der Waals surface area contributed by atoms with Gasteiger partial charge in [-0.25, -0.2) is 4.79 Å². The number of aromatic nitrogens is 3. The van der Waals surface area contributed by atoms with E-state index in [0.717, 1.165) is 6.54 Å². The summed E-state index contributed by atoms with van der Waals surface area (Å²) in [5.74, 6) is -1.08. The van der Waals surface area contributed by atoms with Crippen LogP contribution in [-0.2, 0) is 11.3 Å². The molecule has 20 heavy (non-hydrogen) atoms. The van der Waals surface area contributed by atoms with Crippen LogP contribution in [0.5, 0.6) is 0 Å². The molecule has 1 aliphatic rings. The van der Waals surface area contributed by atoms with E-state index in [0.29, 0.717) is 19.6 Å². The summed E-state index contributed by atoms with van der Waals surface area (Å²) in [4.78, 5) is 12.9. The number of hydrogen-bond donors (Lipinski definition) is 2. The van der Waals surface area contributed by atoms with E-state index in [9.17, 15) is 9.90 Å². The van der Waals surface area contributed by atoms with Crippen LogP contribution < -0.4 is 0 Å². The zero-order chi connectivity index (χ0) is 14.8. The van der Waals surface area contributed by atoms with Gasteiger partial charge >= 0.3 is 5.97 Å². The van der Waals surface area contributed by atoms with Gasteiger partial charge in [0.1, 0.15) is 0 Å². The average Bonchev–Trinajstić information content (AvgIpc) is 2.83. The van der Waals surface area contributed by atoms with Gasteiger partial charge < -0.3 is 14.9 Å². The van der Waals surface area contributed by atoms with Crippen molar-refractivity contribution < 1.29 is 19.7 Å². The molecule has 1 fully saturated rings. The van der Waals surface area contributed by atoms with Crippen molar-refractivity contribution in [3.63, 3.8) is 0 Å². The van der Waals surface area contributed by atoms with Gasteiger partial charge in [-0.05, 0) is 13.8 Å². The molecule has 0 radical (unpaired) electrons. The van der Waals surface area contributed by atoms with Crippen molar-refractivity contribution in [3.05, 3.63) is 11.9 Å². The van der Waals surface area contributed by atoms with Crippen LogP contribution in [0, 0.1) is 0 Å². The SMILES string of the molecule is CC1(C)CN(CCn2cc(C(=O)O)nn2)CC(CO)O1. The van der Waals surface area contributed by atoms with Crippen molar-refractivity contribution in [2.24, 2.45) is 0 Å². The van der Waals surface area contributed by atoms with Crippen LogP contribution in [0.2, 0.25) is 0 Å². The van der Waals surface area contributed by atoms with Gasteiger partial charge in [-0.3, -0.25) is 9.58 Å². The van der Waals surface area contributed by atoms with Crippen molar-refractivity contribution in [3.8, 4) is 0 Å². The van der Waals surface area contributed by atoms with Gasteiger partial charge in [0.25, 0.3) is 0 Å². The fourth-order valence-corrected chi connectivity index (χ4v) is 2.43. The molecule has 0 amide bonds. The molecule has 0 spiro atoms. The number of aliphatic hydroxyl groups is 1. The highest BCUT2D eigenvalue weighted by molar-refractivity contribution is 5.84. The fourth-order valence-electron chi connectivity index (χ4n) is 2.43. The first kappa shape index (κ1) is 14.9. The summed E-state index contributed by atoms with van der Waals surface area (Å²) < 4.78 is 7.25. The Morgan fingerprint density at radius 2 is 2.30 bits per heavy atom. The van der Waals surface area contributed by atoms with Gasteiger partial charge in [-0.1, -0.05) is 5.21 Å². The second-order valence-electron chi connectivity index (χ2n) is 5.59. The van der Waals surface area contributed by atoms with E-state index in [2.05, 4.69) is 15.2 Å². The van der Waals surface area contributed by atoms with Gasteiger partial charge in [-0.2, -0.15) is 0 Å². The number of morpholine rings is 1. The molecule has 1 unspecified atom stereocenters. The number of carbonyl (C=O) groups is 1. The highest BCUT2D eigenvalue weighted by Crippen LogP contribution is 2.20. The molecule has 1 aromatic heterocycles. The summed E-state index contributed by atoms with van der Waals surface area (Å²) in [5, 5.41) is 25.4. The van der Waals surface area contributed by atoms with Gasteiger partial charge in [-0.15, -0.1) is 5.10 Å². The van der Waals surface area contributed by atoms with Crippen LogP contribution in [0.25, 0.3) is 0 Å². The van der Waals surface area contributed by atoms with Crippen LogP contribution in [-0.4, -0.2) is 74.0 Å².